The maximum Gasteiger partial charge on any atom is 0.483 e. The molecule has 1 rings (SSSR count). The zero-order valence-electron chi connectivity index (χ0n) is 8.72. The Labute approximate surface area is 94.4 Å². The average molecular weight is 251 g/mol. The van der Waals surface area contributed by atoms with Crippen LogP contribution in [0.5, 0.6) is 5.75 Å². The molecule has 0 bridgehead atoms. The first kappa shape index (κ1) is 13.3. The van der Waals surface area contributed by atoms with Crippen LogP contribution < -0.4 is 10.1 Å². The largest absolute Gasteiger partial charge is 0.483 e. The predicted octanol–water partition coefficient (Wildman–Crippen LogP) is 2.39. The highest BCUT2D eigenvalue weighted by atomic mass is 19.4. The molecule has 0 aromatic heterocycles. The number of para-hydroxylation sites is 1. The van der Waals surface area contributed by atoms with Crippen LogP contribution in [0.25, 0.3) is 0 Å². The molecule has 0 radical (unpaired) electrons. The summed E-state index contributed by atoms with van der Waals surface area (Å²) in [5.74, 6) is -5.78. The lowest BCUT2D eigenvalue weighted by molar-refractivity contribution is -0.312. The van der Waals surface area contributed by atoms with Crippen LogP contribution in [0.1, 0.15) is 6.92 Å². The zero-order valence-corrected chi connectivity index (χ0v) is 8.72. The first-order valence-electron chi connectivity index (χ1n) is 4.53. The molecule has 0 aliphatic rings. The Bertz CT molecular complexity index is 393. The van der Waals surface area contributed by atoms with Crippen LogP contribution in [0.3, 0.4) is 0 Å². The van der Waals surface area contributed by atoms with Crippen molar-refractivity contribution in [3.63, 3.8) is 0 Å². The molecule has 3 nitrogen and oxygen atoms in total. The van der Waals surface area contributed by atoms with E-state index in [1.165, 1.54) is 18.2 Å². The number of halogens is 4. The van der Waals surface area contributed by atoms with Gasteiger partial charge in [0.1, 0.15) is 5.75 Å². The third-order valence-electron chi connectivity index (χ3n) is 1.70. The minimum absolute atomic E-state index is 0.346. The molecule has 17 heavy (non-hydrogen) atoms. The maximum absolute atomic E-state index is 13.6. The summed E-state index contributed by atoms with van der Waals surface area (Å²) in [5, 5.41) is 1.09. The summed E-state index contributed by atoms with van der Waals surface area (Å²) in [4.78, 5) is 10.6. The Hall–Kier alpha value is -1.79. The quantitative estimate of drug-likeness (QED) is 0.509. The van der Waals surface area contributed by atoms with Gasteiger partial charge < -0.3 is 4.74 Å². The van der Waals surface area contributed by atoms with Crippen molar-refractivity contribution < 1.29 is 27.1 Å². The Kier molecular flexibility index (Phi) is 3.59. The number of alkyl halides is 4. The molecule has 1 aromatic carbocycles. The monoisotopic (exact) mass is 251 g/mol. The van der Waals surface area contributed by atoms with Crippen molar-refractivity contribution in [1.29, 1.82) is 0 Å². The summed E-state index contributed by atoms with van der Waals surface area (Å²) in [6.07, 6.45) is -5.38. The lowest BCUT2D eigenvalue weighted by Gasteiger charge is -2.28. The van der Waals surface area contributed by atoms with Crippen molar-refractivity contribution in [2.24, 2.45) is 0 Å². The number of amides is 1. The molecule has 0 spiro atoms. The van der Waals surface area contributed by atoms with Crippen molar-refractivity contribution in [3.05, 3.63) is 30.3 Å². The summed E-state index contributed by atoms with van der Waals surface area (Å²) < 4.78 is 55.0. The summed E-state index contributed by atoms with van der Waals surface area (Å²) in [6.45, 7) is 0.758. The van der Waals surface area contributed by atoms with E-state index in [4.69, 9.17) is 0 Å². The van der Waals surface area contributed by atoms with E-state index in [0.29, 0.717) is 0 Å². The van der Waals surface area contributed by atoms with Gasteiger partial charge in [0.15, 0.2) is 0 Å². The van der Waals surface area contributed by atoms with Gasteiger partial charge in [-0.15, -0.1) is 0 Å². The van der Waals surface area contributed by atoms with E-state index in [2.05, 4.69) is 4.74 Å². The highest BCUT2D eigenvalue weighted by molar-refractivity contribution is 5.73. The Morgan fingerprint density at radius 2 is 1.71 bits per heavy atom. The lowest BCUT2D eigenvalue weighted by Crippen LogP contribution is -2.59. The predicted molar refractivity (Wildman–Crippen MR) is 50.8 cm³/mol. The number of hydrogen-bond donors (Lipinski definition) is 1. The third-order valence-corrected chi connectivity index (χ3v) is 1.70. The molecule has 0 aliphatic carbocycles. The first-order chi connectivity index (χ1) is 7.74. The summed E-state index contributed by atoms with van der Waals surface area (Å²) in [6, 6.07) is 6.56. The molecule has 1 atom stereocenters. The van der Waals surface area contributed by atoms with Crippen LogP contribution >= 0.6 is 0 Å². The van der Waals surface area contributed by atoms with Crippen LogP contribution in [0.15, 0.2) is 30.3 Å². The number of hydrogen-bond acceptors (Lipinski definition) is 2. The van der Waals surface area contributed by atoms with Gasteiger partial charge in [0, 0.05) is 6.92 Å². The smallest absolute Gasteiger partial charge is 0.434 e. The van der Waals surface area contributed by atoms with Gasteiger partial charge in [-0.2, -0.15) is 17.6 Å². The van der Waals surface area contributed by atoms with Crippen molar-refractivity contribution >= 4 is 5.91 Å². The maximum atomic E-state index is 13.6. The molecular formula is C10H9F4NO2. The molecule has 0 saturated heterocycles. The molecule has 94 valence electrons. The molecule has 0 saturated carbocycles. The van der Waals surface area contributed by atoms with E-state index < -0.39 is 18.1 Å². The molecule has 1 N–H and O–H groups in total. The molecule has 0 fully saturated rings. The second kappa shape index (κ2) is 4.60. The Morgan fingerprint density at radius 3 is 2.12 bits per heavy atom. The average Bonchev–Trinajstić information content (AvgIpc) is 2.15. The number of carbonyl (C=O) groups excluding carboxylic acids is 1. The Balaban J connectivity index is 2.96. The van der Waals surface area contributed by atoms with E-state index >= 15 is 0 Å². The topological polar surface area (TPSA) is 38.3 Å². The summed E-state index contributed by atoms with van der Waals surface area (Å²) in [5.41, 5.74) is 0. The normalized spacial score (nSPS) is 14.9. The van der Waals surface area contributed by atoms with Gasteiger partial charge in [-0.1, -0.05) is 18.2 Å². The van der Waals surface area contributed by atoms with Gasteiger partial charge in [-0.25, -0.2) is 0 Å². The van der Waals surface area contributed by atoms with E-state index in [-0.39, 0.29) is 5.75 Å². The number of benzene rings is 1. The third kappa shape index (κ3) is 3.33. The highest BCUT2D eigenvalue weighted by Gasteiger charge is 2.60. The van der Waals surface area contributed by atoms with Crippen LogP contribution in [0.2, 0.25) is 0 Å². The summed E-state index contributed by atoms with van der Waals surface area (Å²) in [7, 11) is 0. The van der Waals surface area contributed by atoms with E-state index in [9.17, 15) is 22.4 Å². The van der Waals surface area contributed by atoms with Crippen LogP contribution in [-0.2, 0) is 4.79 Å². The van der Waals surface area contributed by atoms with E-state index in [1.807, 2.05) is 0 Å². The van der Waals surface area contributed by atoms with Crippen LogP contribution in [0.4, 0.5) is 17.6 Å². The van der Waals surface area contributed by atoms with Gasteiger partial charge in [0.2, 0.25) is 5.91 Å². The van der Waals surface area contributed by atoms with Crippen molar-refractivity contribution in [2.45, 2.75) is 19.1 Å². The Morgan fingerprint density at radius 1 is 1.18 bits per heavy atom. The fourth-order valence-corrected chi connectivity index (χ4v) is 1.03. The van der Waals surface area contributed by atoms with Crippen molar-refractivity contribution in [1.82, 2.24) is 5.32 Å². The van der Waals surface area contributed by atoms with Gasteiger partial charge in [0.25, 0.3) is 0 Å². The van der Waals surface area contributed by atoms with Gasteiger partial charge >= 0.3 is 12.2 Å². The zero-order chi connectivity index (χ0) is 13.1. The number of ether oxygens (including phenoxy) is 1. The van der Waals surface area contributed by atoms with Gasteiger partial charge in [-0.3, -0.25) is 10.1 Å². The minimum atomic E-state index is -5.38. The molecule has 1 unspecified atom stereocenters. The molecule has 0 aliphatic heterocycles. The lowest BCUT2D eigenvalue weighted by atomic mass is 10.3. The molecule has 1 aromatic rings. The first-order valence-corrected chi connectivity index (χ1v) is 4.53. The summed E-state index contributed by atoms with van der Waals surface area (Å²) >= 11 is 0. The fourth-order valence-electron chi connectivity index (χ4n) is 1.03. The van der Waals surface area contributed by atoms with E-state index in [1.54, 1.807) is 0 Å². The van der Waals surface area contributed by atoms with E-state index in [0.717, 1.165) is 24.4 Å². The van der Waals surface area contributed by atoms with Crippen LogP contribution in [-0.4, -0.2) is 18.1 Å². The molecule has 1 amide bonds. The van der Waals surface area contributed by atoms with Crippen molar-refractivity contribution in [2.75, 3.05) is 0 Å². The second-order valence-electron chi connectivity index (χ2n) is 3.19. The SMILES string of the molecule is CC(=O)NC(F)(Oc1ccccc1)C(F)(F)F. The van der Waals surface area contributed by atoms with Crippen LogP contribution in [0, 0.1) is 0 Å². The number of carbonyl (C=O) groups is 1. The highest BCUT2D eigenvalue weighted by Crippen LogP contribution is 2.33. The standard InChI is InChI=1S/C10H9F4NO2/c1-7(16)15-10(14,9(11,12)13)17-8-5-3-2-4-6-8/h2-6H,1H3,(H,15,16). The second-order valence-corrected chi connectivity index (χ2v) is 3.19. The number of rotatable bonds is 3. The minimum Gasteiger partial charge on any atom is -0.434 e. The molecule has 7 heteroatoms. The van der Waals surface area contributed by atoms with Crippen molar-refractivity contribution in [3.8, 4) is 5.75 Å². The fraction of sp³-hybridized carbons (Fsp3) is 0.300. The van der Waals surface area contributed by atoms with Gasteiger partial charge in [0.05, 0.1) is 0 Å². The molecule has 0 heterocycles. The van der Waals surface area contributed by atoms with Gasteiger partial charge in [-0.05, 0) is 12.1 Å². The number of nitrogens with one attached hydrogen (secondary N) is 1. The molecular weight excluding hydrogens is 242 g/mol.